The smallest absolute Gasteiger partial charge is 0.362 e. The number of nitrogens with zero attached hydrogens (tertiary/aromatic N) is 3. The van der Waals surface area contributed by atoms with E-state index in [1.807, 2.05) is 30.3 Å². The Kier molecular flexibility index (Phi) is 5.97. The Hall–Kier alpha value is -4.41. The van der Waals surface area contributed by atoms with Gasteiger partial charge in [-0.2, -0.15) is 15.7 Å². The largest absolute Gasteiger partial charge is 0.367 e. The predicted octanol–water partition coefficient (Wildman–Crippen LogP) is 4.73. The molecule has 4 rings (SSSR count). The molecule has 156 valence electrons. The monoisotopic (exact) mass is 441 g/mol. The highest BCUT2D eigenvalue weighted by atomic mass is 35.5. The number of fused-ring (bicyclic) bond motifs is 1. The first-order chi connectivity index (χ1) is 15.5. The van der Waals surface area contributed by atoms with Crippen LogP contribution in [0.4, 0.5) is 5.82 Å². The Labute approximate surface area is 188 Å². The zero-order chi connectivity index (χ0) is 22.5. The van der Waals surface area contributed by atoms with Crippen LogP contribution in [0.2, 0.25) is 5.02 Å². The summed E-state index contributed by atoms with van der Waals surface area (Å²) in [7, 11) is 0. The first kappa shape index (κ1) is 20.8. The van der Waals surface area contributed by atoms with E-state index in [2.05, 4.69) is 21.5 Å². The molecule has 0 bridgehead atoms. The van der Waals surface area contributed by atoms with Crippen LogP contribution in [0.25, 0.3) is 21.9 Å². The number of benzene rings is 3. The number of aliphatic imine (C=N–C) groups is 1. The van der Waals surface area contributed by atoms with Crippen molar-refractivity contribution < 1.29 is 9.63 Å². The molecule has 0 aliphatic rings. The fourth-order valence-corrected chi connectivity index (χ4v) is 3.31. The number of nitrogens with one attached hydrogen (secondary N) is 1. The summed E-state index contributed by atoms with van der Waals surface area (Å²) in [4.78, 5) is 25.6. The van der Waals surface area contributed by atoms with E-state index in [0.29, 0.717) is 27.4 Å². The molecule has 4 aromatic rings. The Morgan fingerprint density at radius 1 is 1.03 bits per heavy atom. The van der Waals surface area contributed by atoms with Crippen LogP contribution >= 0.6 is 11.6 Å². The number of rotatable bonds is 3. The van der Waals surface area contributed by atoms with Crippen LogP contribution in [-0.4, -0.2) is 16.9 Å². The van der Waals surface area contributed by atoms with E-state index in [-0.39, 0.29) is 5.96 Å². The van der Waals surface area contributed by atoms with Crippen LogP contribution in [0.1, 0.15) is 15.9 Å². The van der Waals surface area contributed by atoms with Gasteiger partial charge in [0, 0.05) is 17.0 Å². The third-order valence-corrected chi connectivity index (χ3v) is 4.93. The van der Waals surface area contributed by atoms with Crippen LogP contribution in [-0.2, 0) is 4.84 Å². The van der Waals surface area contributed by atoms with Crippen molar-refractivity contribution in [3.05, 3.63) is 95.1 Å². The maximum Gasteiger partial charge on any atom is 0.362 e. The minimum atomic E-state index is -0.600. The number of aromatic nitrogens is 1. The van der Waals surface area contributed by atoms with E-state index in [1.54, 1.807) is 42.5 Å². The Bertz CT molecular complexity index is 1380. The van der Waals surface area contributed by atoms with Crippen molar-refractivity contribution in [2.24, 2.45) is 10.7 Å². The molecule has 3 N–H and O–H groups in total. The molecule has 0 amide bonds. The Balaban J connectivity index is 1.65. The van der Waals surface area contributed by atoms with E-state index < -0.39 is 5.97 Å². The average Bonchev–Trinajstić information content (AvgIpc) is 2.84. The van der Waals surface area contributed by atoms with E-state index in [4.69, 9.17) is 22.2 Å². The SMILES string of the molecule is N#Cc1cccc(-c2ccc3c(Cl)cnc(N=C(N)NOC(=O)c4ccccc4)c3c2)c1. The minimum Gasteiger partial charge on any atom is -0.367 e. The lowest BCUT2D eigenvalue weighted by Gasteiger charge is -2.09. The zero-order valence-electron chi connectivity index (χ0n) is 16.6. The maximum absolute atomic E-state index is 12.1. The van der Waals surface area contributed by atoms with Gasteiger partial charge in [-0.05, 0) is 41.5 Å². The van der Waals surface area contributed by atoms with E-state index in [0.717, 1.165) is 16.5 Å². The third-order valence-electron chi connectivity index (χ3n) is 4.63. The van der Waals surface area contributed by atoms with Gasteiger partial charge in [0.1, 0.15) is 0 Å². The molecule has 0 atom stereocenters. The van der Waals surface area contributed by atoms with Crippen molar-refractivity contribution in [2.45, 2.75) is 0 Å². The molecule has 0 saturated heterocycles. The van der Waals surface area contributed by atoms with Crippen molar-refractivity contribution in [3.8, 4) is 17.2 Å². The summed E-state index contributed by atoms with van der Waals surface area (Å²) >= 11 is 6.31. The number of nitrogens with two attached hydrogens (primary N) is 1. The molecule has 0 unspecified atom stereocenters. The van der Waals surface area contributed by atoms with Crippen LogP contribution in [0.3, 0.4) is 0 Å². The number of carbonyl (C=O) groups excluding carboxylic acids is 1. The fourth-order valence-electron chi connectivity index (χ4n) is 3.10. The summed E-state index contributed by atoms with van der Waals surface area (Å²) in [6, 6.07) is 23.5. The van der Waals surface area contributed by atoms with E-state index in [9.17, 15) is 10.1 Å². The quantitative estimate of drug-likeness (QED) is 0.270. The van der Waals surface area contributed by atoms with Gasteiger partial charge in [0.15, 0.2) is 5.82 Å². The highest BCUT2D eigenvalue weighted by molar-refractivity contribution is 6.35. The number of pyridine rings is 1. The molecule has 0 radical (unpaired) electrons. The molecule has 0 spiro atoms. The molecule has 3 aromatic carbocycles. The van der Waals surface area contributed by atoms with Crippen molar-refractivity contribution >= 4 is 40.1 Å². The minimum absolute atomic E-state index is 0.151. The lowest BCUT2D eigenvalue weighted by atomic mass is 10.0. The van der Waals surface area contributed by atoms with Crippen molar-refractivity contribution in [2.75, 3.05) is 0 Å². The van der Waals surface area contributed by atoms with Gasteiger partial charge >= 0.3 is 5.97 Å². The molecule has 7 nitrogen and oxygen atoms in total. The number of carbonyl (C=O) groups is 1. The van der Waals surface area contributed by atoms with Gasteiger partial charge in [-0.1, -0.05) is 54.1 Å². The van der Waals surface area contributed by atoms with Crippen molar-refractivity contribution in [1.82, 2.24) is 10.5 Å². The standard InChI is InChI=1S/C24H16ClN5O2/c25-21-14-28-22(29-24(27)30-32-23(31)16-6-2-1-3-7-16)20-12-18(9-10-19(20)21)17-8-4-5-15(11-17)13-26/h1-12,14H,(H3,27,28,29,30). The summed E-state index contributed by atoms with van der Waals surface area (Å²) in [6.45, 7) is 0. The summed E-state index contributed by atoms with van der Waals surface area (Å²) < 4.78 is 0. The zero-order valence-corrected chi connectivity index (χ0v) is 17.4. The number of hydroxylamine groups is 1. The lowest BCUT2D eigenvalue weighted by Crippen LogP contribution is -2.33. The number of hydrogen-bond acceptors (Lipinski definition) is 5. The fraction of sp³-hybridized carbons (Fsp3) is 0. The van der Waals surface area contributed by atoms with Crippen LogP contribution in [0, 0.1) is 11.3 Å². The van der Waals surface area contributed by atoms with Gasteiger partial charge < -0.3 is 10.6 Å². The summed E-state index contributed by atoms with van der Waals surface area (Å²) in [6.07, 6.45) is 1.47. The molecule has 8 heteroatoms. The first-order valence-electron chi connectivity index (χ1n) is 9.50. The summed E-state index contributed by atoms with van der Waals surface area (Å²) in [5.41, 5.74) is 10.9. The molecule has 1 heterocycles. The average molecular weight is 442 g/mol. The molecule has 0 aliphatic carbocycles. The second kappa shape index (κ2) is 9.16. The number of guanidine groups is 1. The summed E-state index contributed by atoms with van der Waals surface area (Å²) in [5, 5.41) is 11.0. The van der Waals surface area contributed by atoms with E-state index in [1.165, 1.54) is 6.20 Å². The Morgan fingerprint density at radius 3 is 2.59 bits per heavy atom. The van der Waals surface area contributed by atoms with Crippen LogP contribution < -0.4 is 11.2 Å². The molecule has 32 heavy (non-hydrogen) atoms. The molecular formula is C24H16ClN5O2. The van der Waals surface area contributed by atoms with Crippen molar-refractivity contribution in [1.29, 1.82) is 5.26 Å². The van der Waals surface area contributed by atoms with Gasteiger partial charge in [-0.3, -0.25) is 0 Å². The van der Waals surface area contributed by atoms with Gasteiger partial charge in [-0.25, -0.2) is 9.78 Å². The maximum atomic E-state index is 12.1. The van der Waals surface area contributed by atoms with Gasteiger partial charge in [-0.15, -0.1) is 0 Å². The van der Waals surface area contributed by atoms with Crippen LogP contribution in [0.5, 0.6) is 0 Å². The highest BCUT2D eigenvalue weighted by Crippen LogP contribution is 2.33. The second-order valence-electron chi connectivity index (χ2n) is 6.74. The summed E-state index contributed by atoms with van der Waals surface area (Å²) in [5.74, 6) is -0.455. The number of hydrogen-bond donors (Lipinski definition) is 2. The first-order valence-corrected chi connectivity index (χ1v) is 9.88. The molecule has 0 fully saturated rings. The highest BCUT2D eigenvalue weighted by Gasteiger charge is 2.11. The molecule has 1 aromatic heterocycles. The molecular weight excluding hydrogens is 426 g/mol. The second-order valence-corrected chi connectivity index (χ2v) is 7.14. The van der Waals surface area contributed by atoms with Gasteiger partial charge in [0.2, 0.25) is 5.96 Å². The third kappa shape index (κ3) is 4.51. The Morgan fingerprint density at radius 2 is 1.81 bits per heavy atom. The van der Waals surface area contributed by atoms with Crippen LogP contribution in [0.15, 0.2) is 84.0 Å². The predicted molar refractivity (Wildman–Crippen MR) is 123 cm³/mol. The van der Waals surface area contributed by atoms with Crippen molar-refractivity contribution in [3.63, 3.8) is 0 Å². The molecule has 0 saturated carbocycles. The van der Waals surface area contributed by atoms with E-state index >= 15 is 0 Å². The van der Waals surface area contributed by atoms with Gasteiger partial charge in [0.25, 0.3) is 0 Å². The normalized spacial score (nSPS) is 11.1. The van der Waals surface area contributed by atoms with Gasteiger partial charge in [0.05, 0.1) is 22.2 Å². The molecule has 0 aliphatic heterocycles. The topological polar surface area (TPSA) is 113 Å². The number of halogens is 1. The number of nitriles is 1. The lowest BCUT2D eigenvalue weighted by molar-refractivity contribution is 0.0384.